The van der Waals surface area contributed by atoms with Crippen molar-refractivity contribution in [2.45, 2.75) is 31.9 Å². The van der Waals surface area contributed by atoms with Crippen LogP contribution in [0.25, 0.3) is 0 Å². The lowest BCUT2D eigenvalue weighted by atomic mass is 10.1. The maximum atomic E-state index is 12.0. The van der Waals surface area contributed by atoms with Crippen molar-refractivity contribution >= 4 is 11.7 Å². The lowest BCUT2D eigenvalue weighted by molar-refractivity contribution is -0.135. The van der Waals surface area contributed by atoms with E-state index in [0.717, 1.165) is 30.6 Å². The van der Waals surface area contributed by atoms with Gasteiger partial charge in [0, 0.05) is 39.0 Å². The van der Waals surface area contributed by atoms with Gasteiger partial charge < -0.3 is 15.0 Å². The molecular formula is C14H21N3O2. The molecule has 1 amide bonds. The second-order valence-corrected chi connectivity index (χ2v) is 4.95. The van der Waals surface area contributed by atoms with Gasteiger partial charge in [-0.05, 0) is 25.3 Å². The SMILES string of the molecule is CN(C)c1ncccc1CNC(=O)[C@H]1CCCCO1. The fourth-order valence-electron chi connectivity index (χ4n) is 2.21. The molecule has 0 aliphatic carbocycles. The second kappa shape index (κ2) is 6.52. The third-order valence-corrected chi connectivity index (χ3v) is 3.22. The number of ether oxygens (including phenoxy) is 1. The van der Waals surface area contributed by atoms with Gasteiger partial charge in [-0.2, -0.15) is 0 Å². The van der Waals surface area contributed by atoms with Crippen LogP contribution in [-0.4, -0.2) is 37.7 Å². The minimum absolute atomic E-state index is 0.0201. The summed E-state index contributed by atoms with van der Waals surface area (Å²) in [4.78, 5) is 18.2. The summed E-state index contributed by atoms with van der Waals surface area (Å²) >= 11 is 0. The molecule has 1 aromatic rings. The lowest BCUT2D eigenvalue weighted by Gasteiger charge is -2.22. The van der Waals surface area contributed by atoms with Crippen LogP contribution in [0.2, 0.25) is 0 Å². The maximum absolute atomic E-state index is 12.0. The number of rotatable bonds is 4. The summed E-state index contributed by atoms with van der Waals surface area (Å²) in [5, 5.41) is 2.93. The van der Waals surface area contributed by atoms with Gasteiger partial charge in [-0.3, -0.25) is 4.79 Å². The van der Waals surface area contributed by atoms with E-state index in [1.165, 1.54) is 0 Å². The van der Waals surface area contributed by atoms with Crippen LogP contribution in [0.3, 0.4) is 0 Å². The zero-order chi connectivity index (χ0) is 13.7. The van der Waals surface area contributed by atoms with Crippen molar-refractivity contribution in [2.75, 3.05) is 25.6 Å². The number of hydrogen-bond donors (Lipinski definition) is 1. The maximum Gasteiger partial charge on any atom is 0.249 e. The van der Waals surface area contributed by atoms with E-state index in [2.05, 4.69) is 10.3 Å². The van der Waals surface area contributed by atoms with Crippen LogP contribution in [0.1, 0.15) is 24.8 Å². The van der Waals surface area contributed by atoms with E-state index in [4.69, 9.17) is 4.74 Å². The number of nitrogens with one attached hydrogen (secondary N) is 1. The van der Waals surface area contributed by atoms with E-state index < -0.39 is 0 Å². The van der Waals surface area contributed by atoms with Gasteiger partial charge in [0.05, 0.1) is 0 Å². The molecule has 0 radical (unpaired) electrons. The zero-order valence-electron chi connectivity index (χ0n) is 11.6. The standard InChI is InChI=1S/C14H21N3O2/c1-17(2)13-11(6-5-8-15-13)10-16-14(18)12-7-3-4-9-19-12/h5-6,8,12H,3-4,7,9-10H2,1-2H3,(H,16,18)/t12-/m1/s1. The van der Waals surface area contributed by atoms with Crippen LogP contribution in [0.15, 0.2) is 18.3 Å². The number of anilines is 1. The predicted octanol–water partition coefficient (Wildman–Crippen LogP) is 1.33. The van der Waals surface area contributed by atoms with Crippen molar-refractivity contribution in [3.8, 4) is 0 Å². The zero-order valence-corrected chi connectivity index (χ0v) is 11.6. The van der Waals surface area contributed by atoms with Gasteiger partial charge in [-0.1, -0.05) is 6.07 Å². The molecule has 1 aliphatic heterocycles. The highest BCUT2D eigenvalue weighted by Crippen LogP contribution is 2.15. The molecule has 0 bridgehead atoms. The molecule has 2 rings (SSSR count). The molecule has 19 heavy (non-hydrogen) atoms. The Balaban J connectivity index is 1.93. The van der Waals surface area contributed by atoms with Gasteiger partial charge in [0.1, 0.15) is 11.9 Å². The molecule has 1 saturated heterocycles. The highest BCUT2D eigenvalue weighted by atomic mass is 16.5. The molecule has 1 fully saturated rings. The van der Waals surface area contributed by atoms with E-state index in [1.807, 2.05) is 31.1 Å². The summed E-state index contributed by atoms with van der Waals surface area (Å²) in [5.74, 6) is 0.862. The Bertz CT molecular complexity index is 428. The minimum Gasteiger partial charge on any atom is -0.368 e. The highest BCUT2D eigenvalue weighted by Gasteiger charge is 2.21. The molecular weight excluding hydrogens is 242 g/mol. The fraction of sp³-hybridized carbons (Fsp3) is 0.571. The first-order chi connectivity index (χ1) is 9.18. The second-order valence-electron chi connectivity index (χ2n) is 4.95. The molecule has 0 aromatic carbocycles. The Morgan fingerprint density at radius 1 is 1.53 bits per heavy atom. The molecule has 5 nitrogen and oxygen atoms in total. The van der Waals surface area contributed by atoms with Gasteiger partial charge in [0.2, 0.25) is 5.91 Å². The molecule has 104 valence electrons. The van der Waals surface area contributed by atoms with Crippen LogP contribution < -0.4 is 10.2 Å². The van der Waals surface area contributed by atoms with E-state index >= 15 is 0 Å². The van der Waals surface area contributed by atoms with Gasteiger partial charge in [-0.25, -0.2) is 4.98 Å². The first-order valence-corrected chi connectivity index (χ1v) is 6.69. The molecule has 1 aliphatic rings. The molecule has 2 heterocycles. The van der Waals surface area contributed by atoms with Crippen LogP contribution >= 0.6 is 0 Å². The number of pyridine rings is 1. The summed E-state index contributed by atoms with van der Waals surface area (Å²) in [6.45, 7) is 1.17. The quantitative estimate of drug-likeness (QED) is 0.890. The van der Waals surface area contributed by atoms with Gasteiger partial charge >= 0.3 is 0 Å². The summed E-state index contributed by atoms with van der Waals surface area (Å²) < 4.78 is 5.47. The lowest BCUT2D eigenvalue weighted by Crippen LogP contribution is -2.38. The fourth-order valence-corrected chi connectivity index (χ4v) is 2.21. The summed E-state index contributed by atoms with van der Waals surface area (Å²) in [6.07, 6.45) is 4.41. The van der Waals surface area contributed by atoms with Crippen molar-refractivity contribution < 1.29 is 9.53 Å². The Labute approximate surface area is 114 Å². The monoisotopic (exact) mass is 263 g/mol. The summed E-state index contributed by atoms with van der Waals surface area (Å²) in [5.41, 5.74) is 1.01. The topological polar surface area (TPSA) is 54.5 Å². The number of carbonyl (C=O) groups excluding carboxylic acids is 1. The number of aromatic nitrogens is 1. The Morgan fingerprint density at radius 3 is 3.05 bits per heavy atom. The molecule has 5 heteroatoms. The van der Waals surface area contributed by atoms with Gasteiger partial charge in [-0.15, -0.1) is 0 Å². The number of hydrogen-bond acceptors (Lipinski definition) is 4. The van der Waals surface area contributed by atoms with E-state index in [9.17, 15) is 4.79 Å². The summed E-state index contributed by atoms with van der Waals surface area (Å²) in [7, 11) is 3.88. The van der Waals surface area contributed by atoms with Gasteiger partial charge in [0.25, 0.3) is 0 Å². The van der Waals surface area contributed by atoms with Crippen LogP contribution in [0.5, 0.6) is 0 Å². The molecule has 1 atom stereocenters. The van der Waals surface area contributed by atoms with Crippen molar-refractivity contribution in [3.05, 3.63) is 23.9 Å². The first-order valence-electron chi connectivity index (χ1n) is 6.69. The number of amides is 1. The van der Waals surface area contributed by atoms with Crippen molar-refractivity contribution in [1.29, 1.82) is 0 Å². The highest BCUT2D eigenvalue weighted by molar-refractivity contribution is 5.80. The third-order valence-electron chi connectivity index (χ3n) is 3.22. The smallest absolute Gasteiger partial charge is 0.249 e. The largest absolute Gasteiger partial charge is 0.368 e. The third kappa shape index (κ3) is 3.67. The normalized spacial score (nSPS) is 18.9. The molecule has 0 unspecified atom stereocenters. The number of nitrogens with zero attached hydrogens (tertiary/aromatic N) is 2. The van der Waals surface area contributed by atoms with Crippen molar-refractivity contribution in [1.82, 2.24) is 10.3 Å². The number of carbonyl (C=O) groups is 1. The van der Waals surface area contributed by atoms with Gasteiger partial charge in [0.15, 0.2) is 0 Å². The molecule has 0 saturated carbocycles. The Kier molecular flexibility index (Phi) is 4.74. The van der Waals surface area contributed by atoms with Crippen LogP contribution in [0, 0.1) is 0 Å². The molecule has 1 aromatic heterocycles. The molecule has 1 N–H and O–H groups in total. The average molecular weight is 263 g/mol. The Morgan fingerprint density at radius 2 is 2.37 bits per heavy atom. The minimum atomic E-state index is -0.284. The van der Waals surface area contributed by atoms with E-state index in [0.29, 0.717) is 13.2 Å². The van der Waals surface area contributed by atoms with E-state index in [-0.39, 0.29) is 12.0 Å². The summed E-state index contributed by atoms with van der Waals surface area (Å²) in [6, 6.07) is 3.86. The average Bonchev–Trinajstić information content (AvgIpc) is 2.46. The predicted molar refractivity (Wildman–Crippen MR) is 74.0 cm³/mol. The van der Waals surface area contributed by atoms with Crippen molar-refractivity contribution in [3.63, 3.8) is 0 Å². The van der Waals surface area contributed by atoms with Crippen molar-refractivity contribution in [2.24, 2.45) is 0 Å². The van der Waals surface area contributed by atoms with Crippen LogP contribution in [-0.2, 0) is 16.1 Å². The molecule has 0 spiro atoms. The van der Waals surface area contributed by atoms with Crippen LogP contribution in [0.4, 0.5) is 5.82 Å². The Hall–Kier alpha value is -1.62. The first kappa shape index (κ1) is 13.8. The van der Waals surface area contributed by atoms with E-state index in [1.54, 1.807) is 6.20 Å².